The Morgan fingerprint density at radius 3 is 1.39 bits per heavy atom. The first-order valence-electron chi connectivity index (χ1n) is 13.0. The summed E-state index contributed by atoms with van der Waals surface area (Å²) in [6.45, 7) is 9.57. The molecule has 0 radical (unpaired) electrons. The average Bonchev–Trinajstić information content (AvgIpc) is 3.35. The second-order valence-corrected chi connectivity index (χ2v) is 16.2. The van der Waals surface area contributed by atoms with Crippen molar-refractivity contribution in [2.45, 2.75) is 31.3 Å². The van der Waals surface area contributed by atoms with Gasteiger partial charge in [0.15, 0.2) is 0 Å². The van der Waals surface area contributed by atoms with E-state index in [-0.39, 0.29) is 24.8 Å². The van der Waals surface area contributed by atoms with E-state index < -0.39 is 21.3 Å². The van der Waals surface area contributed by atoms with E-state index in [9.17, 15) is 0 Å². The minimum absolute atomic E-state index is 0. The number of hydrogen-bond acceptors (Lipinski definition) is 0. The molecule has 190 valence electrons. The molecule has 4 aromatic rings. The van der Waals surface area contributed by atoms with Crippen LogP contribution in [-0.4, -0.2) is 3.21 Å². The predicted molar refractivity (Wildman–Crippen MR) is 150 cm³/mol. The van der Waals surface area contributed by atoms with Crippen LogP contribution >= 0.6 is 0 Å². The van der Waals surface area contributed by atoms with Gasteiger partial charge >= 0.3 is 224 Å². The zero-order valence-electron chi connectivity index (χ0n) is 22.3. The van der Waals surface area contributed by atoms with E-state index in [1.165, 1.54) is 39.0 Å². The topological polar surface area (TPSA) is 0 Å². The molecule has 0 bridgehead atoms. The summed E-state index contributed by atoms with van der Waals surface area (Å²) in [6, 6.07) is 40.9. The summed E-state index contributed by atoms with van der Waals surface area (Å²) in [5.41, 5.74) is 13.4. The summed E-state index contributed by atoms with van der Waals surface area (Å²) in [5.74, 6) is 0.502. The molecule has 2 aliphatic rings. The van der Waals surface area contributed by atoms with Gasteiger partial charge in [0.1, 0.15) is 0 Å². The summed E-state index contributed by atoms with van der Waals surface area (Å²) in [7, 11) is 0. The van der Waals surface area contributed by atoms with E-state index in [0.29, 0.717) is 9.54 Å². The van der Waals surface area contributed by atoms with E-state index in [2.05, 4.69) is 137 Å². The zero-order chi connectivity index (χ0) is 24.8. The Bertz CT molecular complexity index is 1480. The standard InChI is InChI=1S/C13H9.C13H10.C9H13.2ClH.Zr/c1-3-7-12-10(5-1)9-11-6-2-4-8-13(11)12;1-3-7-12(8-4-1)11-13-9-5-2-6-10-13;1-6-5-7(2)9(4)8(6)3;;;/h1-9H;1-10H;6H,1-4H3;2*1H;/q;;;;;+2/p-2. The normalized spacial score (nSPS) is 15.7. The number of benzene rings is 4. The van der Waals surface area contributed by atoms with Gasteiger partial charge in [-0.2, -0.15) is 0 Å². The van der Waals surface area contributed by atoms with Crippen LogP contribution in [0.25, 0.3) is 11.1 Å². The van der Waals surface area contributed by atoms with E-state index in [1.807, 2.05) is 0 Å². The first kappa shape index (κ1) is 28.7. The van der Waals surface area contributed by atoms with Crippen molar-refractivity contribution in [3.05, 3.63) is 151 Å². The molecule has 0 saturated carbocycles. The fourth-order valence-electron chi connectivity index (χ4n) is 6.39. The Morgan fingerprint density at radius 2 is 0.974 bits per heavy atom. The molecule has 0 fully saturated rings. The quantitative estimate of drug-likeness (QED) is 0.332. The Balaban J connectivity index is 0.00000168. The van der Waals surface area contributed by atoms with Crippen LogP contribution in [-0.2, 0) is 21.3 Å². The molecular weight excluding hydrogens is 583 g/mol. The minimum Gasteiger partial charge on any atom is -1.00 e. The molecule has 0 saturated heterocycles. The average molecular weight is 615 g/mol. The first-order valence-corrected chi connectivity index (χ1v) is 16.9. The van der Waals surface area contributed by atoms with Crippen molar-refractivity contribution in [1.29, 1.82) is 0 Å². The van der Waals surface area contributed by atoms with Gasteiger partial charge in [-0.25, -0.2) is 0 Å². The predicted octanol–water partition coefficient (Wildman–Crippen LogP) is 2.91. The third kappa shape index (κ3) is 4.68. The monoisotopic (exact) mass is 612 g/mol. The van der Waals surface area contributed by atoms with Gasteiger partial charge in [0, 0.05) is 0 Å². The van der Waals surface area contributed by atoms with Crippen molar-refractivity contribution >= 4 is 3.21 Å². The van der Waals surface area contributed by atoms with Crippen LogP contribution in [0.2, 0.25) is 0 Å². The van der Waals surface area contributed by atoms with Gasteiger partial charge in [0.25, 0.3) is 0 Å². The maximum absolute atomic E-state index is 2.67. The SMILES string of the molecule is CC1=C(C)C(C)[C]([Zr+2](=[C](c2ccccc2)c2ccccc2)[CH]2c3ccccc3-c3ccccc32)=C1C.[Cl-].[Cl-]. The van der Waals surface area contributed by atoms with Crippen LogP contribution in [0, 0.1) is 5.92 Å². The van der Waals surface area contributed by atoms with Gasteiger partial charge in [-0.15, -0.1) is 0 Å². The molecule has 38 heavy (non-hydrogen) atoms. The molecule has 0 aromatic heterocycles. The Kier molecular flexibility index (Phi) is 8.94. The summed E-state index contributed by atoms with van der Waals surface area (Å²) in [6.07, 6.45) is 0. The molecule has 1 unspecified atom stereocenters. The van der Waals surface area contributed by atoms with Crippen LogP contribution in [0.15, 0.2) is 129 Å². The third-order valence-corrected chi connectivity index (χ3v) is 17.6. The number of allylic oxidation sites excluding steroid dienone is 4. The molecule has 4 aromatic carbocycles. The first-order chi connectivity index (χ1) is 17.6. The number of halogens is 2. The van der Waals surface area contributed by atoms with Gasteiger partial charge in [0.05, 0.1) is 0 Å². The van der Waals surface area contributed by atoms with E-state index in [1.54, 1.807) is 17.6 Å². The summed E-state index contributed by atoms with van der Waals surface area (Å²) < 4.78 is 3.85. The number of rotatable bonds is 4. The summed E-state index contributed by atoms with van der Waals surface area (Å²) >= 11 is -2.67. The summed E-state index contributed by atoms with van der Waals surface area (Å²) in [4.78, 5) is 0. The van der Waals surface area contributed by atoms with Gasteiger partial charge in [-0.3, -0.25) is 0 Å². The zero-order valence-corrected chi connectivity index (χ0v) is 26.3. The fraction of sp³-hybridized carbons (Fsp3) is 0.171. The minimum atomic E-state index is -2.67. The molecule has 0 N–H and O–H groups in total. The van der Waals surface area contributed by atoms with Crippen molar-refractivity contribution < 1.29 is 46.1 Å². The molecule has 0 nitrogen and oxygen atoms in total. The largest absolute Gasteiger partial charge is 1.00 e. The summed E-state index contributed by atoms with van der Waals surface area (Å²) in [5, 5.41) is 0. The molecule has 1 atom stereocenters. The van der Waals surface area contributed by atoms with Crippen LogP contribution in [0.1, 0.15) is 53.6 Å². The van der Waals surface area contributed by atoms with E-state index in [0.717, 1.165) is 0 Å². The maximum atomic E-state index is 2.46. The third-order valence-electron chi connectivity index (χ3n) is 8.45. The maximum Gasteiger partial charge on any atom is -1.00 e. The van der Waals surface area contributed by atoms with E-state index >= 15 is 0 Å². The molecular formula is C35H32Cl2Zr. The molecule has 2 aliphatic carbocycles. The van der Waals surface area contributed by atoms with Gasteiger partial charge in [-0.05, 0) is 0 Å². The van der Waals surface area contributed by atoms with Crippen LogP contribution in [0.3, 0.4) is 0 Å². The number of fused-ring (bicyclic) bond motifs is 3. The fourth-order valence-corrected chi connectivity index (χ4v) is 16.8. The van der Waals surface area contributed by atoms with Crippen molar-refractivity contribution in [3.8, 4) is 11.1 Å². The molecule has 6 rings (SSSR count). The van der Waals surface area contributed by atoms with Crippen LogP contribution in [0.5, 0.6) is 0 Å². The number of hydrogen-bond donors (Lipinski definition) is 0. The van der Waals surface area contributed by atoms with Crippen molar-refractivity contribution in [3.63, 3.8) is 0 Å². The molecule has 3 heteroatoms. The van der Waals surface area contributed by atoms with Crippen molar-refractivity contribution in [2.24, 2.45) is 5.92 Å². The van der Waals surface area contributed by atoms with Crippen molar-refractivity contribution in [2.75, 3.05) is 0 Å². The second kappa shape index (κ2) is 11.8. The molecule has 0 heterocycles. The Labute approximate surface area is 247 Å². The molecule has 0 amide bonds. The van der Waals surface area contributed by atoms with Gasteiger partial charge in [0.2, 0.25) is 0 Å². The van der Waals surface area contributed by atoms with E-state index in [4.69, 9.17) is 0 Å². The van der Waals surface area contributed by atoms with Crippen LogP contribution < -0.4 is 24.8 Å². The smallest absolute Gasteiger partial charge is 1.00 e. The molecule has 0 spiro atoms. The Morgan fingerprint density at radius 1 is 0.553 bits per heavy atom. The van der Waals surface area contributed by atoms with Crippen molar-refractivity contribution in [1.82, 2.24) is 0 Å². The second-order valence-electron chi connectivity index (χ2n) is 10.2. The van der Waals surface area contributed by atoms with Gasteiger partial charge < -0.3 is 24.8 Å². The van der Waals surface area contributed by atoms with Crippen LogP contribution in [0.4, 0.5) is 0 Å². The Hall–Kier alpha value is -2.31. The molecule has 0 aliphatic heterocycles. The van der Waals surface area contributed by atoms with Gasteiger partial charge in [-0.1, -0.05) is 0 Å².